The molecule has 10 heavy (non-hydrogen) atoms. The Bertz CT molecular complexity index is 49.7. The summed E-state index contributed by atoms with van der Waals surface area (Å²) >= 11 is 0. The van der Waals surface area contributed by atoms with E-state index in [1.54, 1.807) is 0 Å². The Kier molecular flexibility index (Phi) is 281. The molecule has 0 saturated carbocycles. The summed E-state index contributed by atoms with van der Waals surface area (Å²) in [6.45, 7) is 0. The second-order valence-electron chi connectivity index (χ2n) is 0.224. The zero-order valence-electron chi connectivity index (χ0n) is 4.11. The largest absolute Gasteiger partial charge is 3.00 e. The Labute approximate surface area is 63.8 Å². The first-order chi connectivity index (χ1) is 4.24. The van der Waals surface area contributed by atoms with Crippen LogP contribution in [0.3, 0.4) is 0 Å². The van der Waals surface area contributed by atoms with E-state index in [0.29, 0.717) is 0 Å². The molecule has 0 atom stereocenters. The smallest absolute Gasteiger partial charge is 0.444 e. The molecular formula is N3NiO6. The predicted octanol–water partition coefficient (Wildman–Crippen LogP) is 0.749. The number of nitrogens with zero attached hydrogens (tertiary/aromatic N) is 3. The first-order valence-corrected chi connectivity index (χ1v) is 1.10. The van der Waals surface area contributed by atoms with Crippen LogP contribution in [0.25, 0.3) is 0 Å². The van der Waals surface area contributed by atoms with Crippen LogP contribution in [-0.2, 0) is 16.5 Å². The van der Waals surface area contributed by atoms with Gasteiger partial charge in [0.1, 0.15) is 0 Å². The van der Waals surface area contributed by atoms with Crippen LogP contribution in [0.2, 0.25) is 0 Å². The van der Waals surface area contributed by atoms with Crippen molar-refractivity contribution >= 4 is 0 Å². The summed E-state index contributed by atoms with van der Waals surface area (Å²) in [6.07, 6.45) is 0. The number of rotatable bonds is 0. The molecule has 0 spiro atoms. The Morgan fingerprint density at radius 2 is 0.700 bits per heavy atom. The molecule has 0 saturated heterocycles. The first kappa shape index (κ1) is 23.4. The first-order valence-electron chi connectivity index (χ1n) is 1.10. The molecule has 9 nitrogen and oxygen atoms in total. The molecule has 0 aromatic carbocycles. The average Bonchev–Trinajstić information content (AvgIpc) is 1.70. The molecule has 0 aliphatic rings. The molecule has 0 aliphatic carbocycles. The fourth-order valence-corrected chi connectivity index (χ4v) is 0. The second-order valence-corrected chi connectivity index (χ2v) is 0.224. The normalized spacial score (nSPS) is 3.60. The van der Waals surface area contributed by atoms with Gasteiger partial charge in [0, 0.05) is 0 Å². The summed E-state index contributed by atoms with van der Waals surface area (Å²) in [5.74, 6) is 0. The molecule has 0 heterocycles. The van der Waals surface area contributed by atoms with Crippen molar-refractivity contribution in [2.75, 3.05) is 0 Å². The maximum atomic E-state index is 8.00. The van der Waals surface area contributed by atoms with Gasteiger partial charge in [0.25, 0.3) is 0 Å². The van der Waals surface area contributed by atoms with E-state index in [1.807, 2.05) is 0 Å². The van der Waals surface area contributed by atoms with E-state index in [-0.39, 0.29) is 16.5 Å². The molecule has 10 heteroatoms. The predicted molar refractivity (Wildman–Crippen MR) is 27.5 cm³/mol. The Hall–Kier alpha value is -1.31. The van der Waals surface area contributed by atoms with Crippen LogP contribution >= 0.6 is 0 Å². The fourth-order valence-electron chi connectivity index (χ4n) is 0. The van der Waals surface area contributed by atoms with E-state index in [1.165, 1.54) is 0 Å². The van der Waals surface area contributed by atoms with Crippen molar-refractivity contribution in [1.29, 1.82) is 0 Å². The fraction of sp³-hybridized carbons (Fsp3) is 0. The van der Waals surface area contributed by atoms with Gasteiger partial charge in [-0.25, -0.2) is 0 Å². The van der Waals surface area contributed by atoms with Gasteiger partial charge in [0.2, 0.25) is 0 Å². The van der Waals surface area contributed by atoms with Crippen molar-refractivity contribution in [3.8, 4) is 0 Å². The minimum absolute atomic E-state index is 0. The quantitative estimate of drug-likeness (QED) is 0.316. The average molecular weight is 197 g/mol. The van der Waals surface area contributed by atoms with Gasteiger partial charge in [-0.3, -0.25) is 0 Å². The third-order valence-corrected chi connectivity index (χ3v) is 0. The van der Waals surface area contributed by atoms with E-state index in [0.717, 1.165) is 16.0 Å². The van der Waals surface area contributed by atoms with Gasteiger partial charge in [-0.1, -0.05) is 0 Å². The monoisotopic (exact) mass is 196 g/mol. The van der Waals surface area contributed by atoms with Gasteiger partial charge in [0.15, 0.2) is 0 Å². The molecule has 0 N–H and O–H groups in total. The van der Waals surface area contributed by atoms with Crippen LogP contribution in [0, 0.1) is 30.3 Å². The summed E-state index contributed by atoms with van der Waals surface area (Å²) in [5.41, 5.74) is 0. The third kappa shape index (κ3) is 127. The van der Waals surface area contributed by atoms with E-state index in [2.05, 4.69) is 0 Å². The summed E-state index contributed by atoms with van der Waals surface area (Å²) < 4.78 is 0. The van der Waals surface area contributed by atoms with Gasteiger partial charge in [-0.15, -0.1) is 16.0 Å². The summed E-state index contributed by atoms with van der Waals surface area (Å²) in [5, 5.41) is 27.0. The van der Waals surface area contributed by atoms with Crippen molar-refractivity contribution in [1.82, 2.24) is 0 Å². The van der Waals surface area contributed by atoms with Crippen LogP contribution in [0.5, 0.6) is 0 Å². The van der Waals surface area contributed by atoms with Crippen molar-refractivity contribution < 1.29 is 16.5 Å². The molecule has 0 aromatic rings. The van der Waals surface area contributed by atoms with E-state index in [9.17, 15) is 0 Å². The van der Waals surface area contributed by atoms with Crippen LogP contribution < -0.4 is 0 Å². The van der Waals surface area contributed by atoms with E-state index < -0.39 is 0 Å². The summed E-state index contributed by atoms with van der Waals surface area (Å²) in [4.78, 5) is 24.0. The van der Waals surface area contributed by atoms with Gasteiger partial charge < -0.3 is 30.3 Å². The van der Waals surface area contributed by atoms with E-state index in [4.69, 9.17) is 30.3 Å². The zero-order chi connectivity index (χ0) is 8.12. The minimum Gasteiger partial charge on any atom is -0.444 e. The molecule has 0 amide bonds. The molecule has 0 fully saturated rings. The number of hydrogen-bond donors (Lipinski definition) is 0. The maximum absolute atomic E-state index is 8.00. The van der Waals surface area contributed by atoms with Crippen molar-refractivity contribution in [2.45, 2.75) is 0 Å². The standard InChI is InChI=1S/3HNO2.Ni/c3*2-1-3;/h3*(H,2,3);/q;;;+3/p-3. The molecule has 0 bridgehead atoms. The summed E-state index contributed by atoms with van der Waals surface area (Å²) in [6, 6.07) is 0. The summed E-state index contributed by atoms with van der Waals surface area (Å²) in [7, 11) is 0. The molecule has 1 radical (unpaired) electrons. The minimum atomic E-state index is 0. The van der Waals surface area contributed by atoms with E-state index >= 15 is 0 Å². The maximum Gasteiger partial charge on any atom is 3.00 e. The molecule has 0 aromatic heterocycles. The second kappa shape index (κ2) is 120. The molecule has 0 rings (SSSR count). The Balaban J connectivity index is -0.0000000257. The Morgan fingerprint density at radius 3 is 0.700 bits per heavy atom. The topological polar surface area (TPSA) is 157 Å². The van der Waals surface area contributed by atoms with Crippen LogP contribution in [-0.4, -0.2) is 0 Å². The van der Waals surface area contributed by atoms with Crippen LogP contribution in [0.1, 0.15) is 0 Å². The third-order valence-electron chi connectivity index (χ3n) is 0. The van der Waals surface area contributed by atoms with Crippen LogP contribution in [0.4, 0.5) is 0 Å². The van der Waals surface area contributed by atoms with Crippen molar-refractivity contribution in [3.63, 3.8) is 0 Å². The molecule has 0 unspecified atom stereocenters. The van der Waals surface area contributed by atoms with Crippen molar-refractivity contribution in [3.05, 3.63) is 30.3 Å². The van der Waals surface area contributed by atoms with Gasteiger partial charge >= 0.3 is 16.5 Å². The van der Waals surface area contributed by atoms with Crippen molar-refractivity contribution in [2.24, 2.45) is 16.0 Å². The van der Waals surface area contributed by atoms with Crippen LogP contribution in [0.15, 0.2) is 16.0 Å². The molecule has 61 valence electrons. The van der Waals surface area contributed by atoms with Gasteiger partial charge in [-0.05, 0) is 0 Å². The molecular weight excluding hydrogens is 197 g/mol. The molecule has 0 aliphatic heterocycles. The van der Waals surface area contributed by atoms with Gasteiger partial charge in [0.05, 0.1) is 0 Å². The van der Waals surface area contributed by atoms with Gasteiger partial charge in [-0.2, -0.15) is 0 Å². The SMILES string of the molecule is O=N[O-].O=N[O-].O=N[O-].[Ni+3]. The number of hydrogen-bond acceptors (Lipinski definition) is 9. The Morgan fingerprint density at radius 1 is 0.700 bits per heavy atom. The zero-order valence-corrected chi connectivity index (χ0v) is 5.09.